The van der Waals surface area contributed by atoms with E-state index < -0.39 is 0 Å². The molecule has 0 saturated carbocycles. The van der Waals surface area contributed by atoms with Gasteiger partial charge in [0.2, 0.25) is 0 Å². The third kappa shape index (κ3) is 5.61. The second-order valence-corrected chi connectivity index (χ2v) is 5.77. The van der Waals surface area contributed by atoms with Crippen molar-refractivity contribution in [2.75, 3.05) is 7.11 Å². The van der Waals surface area contributed by atoms with Gasteiger partial charge in [-0.2, -0.15) is 0 Å². The summed E-state index contributed by atoms with van der Waals surface area (Å²) in [6.07, 6.45) is 0. The molecular formula is C18H23Cl2NO2. The van der Waals surface area contributed by atoms with Crippen molar-refractivity contribution in [3.05, 3.63) is 58.6 Å². The van der Waals surface area contributed by atoms with Crippen LogP contribution in [0.5, 0.6) is 11.5 Å². The molecule has 0 aromatic heterocycles. The number of nitrogens with one attached hydrogen (secondary N) is 1. The Balaban J connectivity index is 0.00000264. The van der Waals surface area contributed by atoms with Crippen molar-refractivity contribution in [1.29, 1.82) is 0 Å². The maximum absolute atomic E-state index is 6.18. The van der Waals surface area contributed by atoms with Gasteiger partial charge in [0.25, 0.3) is 0 Å². The van der Waals surface area contributed by atoms with Gasteiger partial charge < -0.3 is 14.8 Å². The van der Waals surface area contributed by atoms with Crippen LogP contribution in [-0.2, 0) is 13.2 Å². The van der Waals surface area contributed by atoms with Crippen molar-refractivity contribution >= 4 is 24.0 Å². The molecule has 2 aromatic carbocycles. The Bertz CT molecular complexity index is 618. The highest BCUT2D eigenvalue weighted by Crippen LogP contribution is 2.32. The lowest BCUT2D eigenvalue weighted by molar-refractivity contribution is 0.280. The lowest BCUT2D eigenvalue weighted by Crippen LogP contribution is -2.22. The Hall–Kier alpha value is -1.42. The zero-order chi connectivity index (χ0) is 15.9. The first kappa shape index (κ1) is 19.6. The number of hydrogen-bond donors (Lipinski definition) is 1. The second kappa shape index (κ2) is 9.66. The summed E-state index contributed by atoms with van der Waals surface area (Å²) in [5.74, 6) is 1.49. The Labute approximate surface area is 149 Å². The summed E-state index contributed by atoms with van der Waals surface area (Å²) in [5, 5.41) is 4.11. The normalized spacial score (nSPS) is 10.3. The van der Waals surface area contributed by atoms with Gasteiger partial charge in [0.1, 0.15) is 6.61 Å². The Kier molecular flexibility index (Phi) is 8.24. The first-order valence-electron chi connectivity index (χ1n) is 7.37. The smallest absolute Gasteiger partial charge is 0.166 e. The topological polar surface area (TPSA) is 30.5 Å². The monoisotopic (exact) mass is 355 g/mol. The number of halogens is 2. The molecule has 0 fully saturated rings. The fourth-order valence-electron chi connectivity index (χ4n) is 2.10. The highest BCUT2D eigenvalue weighted by Gasteiger charge is 2.12. The van der Waals surface area contributed by atoms with E-state index in [1.165, 1.54) is 0 Å². The molecule has 23 heavy (non-hydrogen) atoms. The van der Waals surface area contributed by atoms with E-state index in [0.717, 1.165) is 29.2 Å². The summed E-state index contributed by atoms with van der Waals surface area (Å²) in [6, 6.07) is 14.0. The molecule has 3 nitrogen and oxygen atoms in total. The molecular weight excluding hydrogens is 333 g/mol. The van der Waals surface area contributed by atoms with Crippen LogP contribution in [-0.4, -0.2) is 13.2 Å². The lowest BCUT2D eigenvalue weighted by atomic mass is 10.1. The zero-order valence-electron chi connectivity index (χ0n) is 13.6. The summed E-state index contributed by atoms with van der Waals surface area (Å²) in [6.45, 7) is 5.37. The van der Waals surface area contributed by atoms with Gasteiger partial charge in [0, 0.05) is 28.7 Å². The molecule has 0 aliphatic heterocycles. The molecule has 0 saturated heterocycles. The van der Waals surface area contributed by atoms with Crippen molar-refractivity contribution in [3.63, 3.8) is 0 Å². The number of ether oxygens (including phenoxy) is 2. The largest absolute Gasteiger partial charge is 0.493 e. The molecule has 0 atom stereocenters. The van der Waals surface area contributed by atoms with E-state index in [4.69, 9.17) is 21.1 Å². The average molecular weight is 356 g/mol. The molecule has 2 rings (SSSR count). The molecule has 0 radical (unpaired) electrons. The molecule has 0 bridgehead atoms. The van der Waals surface area contributed by atoms with E-state index in [1.54, 1.807) is 7.11 Å². The van der Waals surface area contributed by atoms with Crippen LogP contribution in [0.3, 0.4) is 0 Å². The number of para-hydroxylation sites is 1. The molecule has 2 aromatic rings. The van der Waals surface area contributed by atoms with Gasteiger partial charge in [0.15, 0.2) is 11.5 Å². The van der Waals surface area contributed by atoms with E-state index in [9.17, 15) is 0 Å². The highest BCUT2D eigenvalue weighted by molar-refractivity contribution is 6.31. The minimum atomic E-state index is 0. The number of methoxy groups -OCH3 is 1. The van der Waals surface area contributed by atoms with Crippen LogP contribution < -0.4 is 14.8 Å². The summed E-state index contributed by atoms with van der Waals surface area (Å²) in [7, 11) is 1.65. The summed E-state index contributed by atoms with van der Waals surface area (Å²) >= 11 is 6.18. The quantitative estimate of drug-likeness (QED) is 0.770. The third-order valence-corrected chi connectivity index (χ3v) is 3.68. The zero-order valence-corrected chi connectivity index (χ0v) is 15.2. The molecule has 1 N–H and O–H groups in total. The van der Waals surface area contributed by atoms with Crippen LogP contribution in [0.2, 0.25) is 5.02 Å². The Morgan fingerprint density at radius 2 is 1.74 bits per heavy atom. The van der Waals surface area contributed by atoms with Gasteiger partial charge in [-0.15, -0.1) is 12.4 Å². The summed E-state index contributed by atoms with van der Waals surface area (Å²) in [4.78, 5) is 0. The molecule has 0 aliphatic rings. The second-order valence-electron chi connectivity index (χ2n) is 5.36. The van der Waals surface area contributed by atoms with E-state index >= 15 is 0 Å². The number of rotatable bonds is 7. The highest BCUT2D eigenvalue weighted by atomic mass is 35.5. The molecule has 0 heterocycles. The van der Waals surface area contributed by atoms with Gasteiger partial charge in [-0.3, -0.25) is 0 Å². The first-order chi connectivity index (χ1) is 10.6. The van der Waals surface area contributed by atoms with E-state index in [0.29, 0.717) is 17.7 Å². The molecule has 126 valence electrons. The van der Waals surface area contributed by atoms with Crippen molar-refractivity contribution in [2.24, 2.45) is 0 Å². The summed E-state index contributed by atoms with van der Waals surface area (Å²) in [5.41, 5.74) is 2.03. The molecule has 0 amide bonds. The van der Waals surface area contributed by atoms with Crippen molar-refractivity contribution in [2.45, 2.75) is 33.0 Å². The van der Waals surface area contributed by atoms with Gasteiger partial charge in [0.05, 0.1) is 7.11 Å². The van der Waals surface area contributed by atoms with Gasteiger partial charge >= 0.3 is 0 Å². The molecule has 0 spiro atoms. The number of hydrogen-bond acceptors (Lipinski definition) is 3. The first-order valence-corrected chi connectivity index (χ1v) is 7.75. The SMILES string of the molecule is COc1cccc(CNC(C)C)c1OCc1ccccc1Cl.Cl. The molecule has 0 unspecified atom stereocenters. The van der Waals surface area contributed by atoms with E-state index in [2.05, 4.69) is 19.2 Å². The predicted octanol–water partition coefficient (Wildman–Crippen LogP) is 4.85. The maximum atomic E-state index is 6.18. The third-order valence-electron chi connectivity index (χ3n) is 3.31. The molecule has 0 aliphatic carbocycles. The minimum absolute atomic E-state index is 0. The van der Waals surface area contributed by atoms with E-state index in [1.807, 2.05) is 42.5 Å². The number of benzene rings is 2. The Morgan fingerprint density at radius 1 is 1.04 bits per heavy atom. The fourth-order valence-corrected chi connectivity index (χ4v) is 2.29. The van der Waals surface area contributed by atoms with Crippen molar-refractivity contribution < 1.29 is 9.47 Å². The fraction of sp³-hybridized carbons (Fsp3) is 0.333. The Morgan fingerprint density at radius 3 is 2.39 bits per heavy atom. The van der Waals surface area contributed by atoms with Gasteiger partial charge in [-0.05, 0) is 12.1 Å². The van der Waals surface area contributed by atoms with Crippen LogP contribution in [0, 0.1) is 0 Å². The lowest BCUT2D eigenvalue weighted by Gasteiger charge is -2.17. The minimum Gasteiger partial charge on any atom is -0.493 e. The molecule has 5 heteroatoms. The maximum Gasteiger partial charge on any atom is 0.166 e. The van der Waals surface area contributed by atoms with Gasteiger partial charge in [-0.1, -0.05) is 55.8 Å². The van der Waals surface area contributed by atoms with Crippen LogP contribution in [0.25, 0.3) is 0 Å². The summed E-state index contributed by atoms with van der Waals surface area (Å²) < 4.78 is 11.4. The average Bonchev–Trinajstić information content (AvgIpc) is 2.52. The van der Waals surface area contributed by atoms with Crippen molar-refractivity contribution in [3.8, 4) is 11.5 Å². The van der Waals surface area contributed by atoms with Crippen LogP contribution >= 0.6 is 24.0 Å². The van der Waals surface area contributed by atoms with Crippen LogP contribution in [0.1, 0.15) is 25.0 Å². The van der Waals surface area contributed by atoms with Crippen LogP contribution in [0.4, 0.5) is 0 Å². The predicted molar refractivity (Wildman–Crippen MR) is 98.0 cm³/mol. The van der Waals surface area contributed by atoms with Crippen LogP contribution in [0.15, 0.2) is 42.5 Å². The van der Waals surface area contributed by atoms with Crippen molar-refractivity contribution in [1.82, 2.24) is 5.32 Å². The standard InChI is InChI=1S/C18H22ClNO2.ClH/c1-13(2)20-11-14-8-6-10-17(21-3)18(14)22-12-15-7-4-5-9-16(15)19;/h4-10,13,20H,11-12H2,1-3H3;1H. The van der Waals surface area contributed by atoms with E-state index in [-0.39, 0.29) is 12.4 Å². The van der Waals surface area contributed by atoms with Gasteiger partial charge in [-0.25, -0.2) is 0 Å².